The minimum Gasteiger partial charge on any atom is -0.497 e. The minimum absolute atomic E-state index is 0.811. The first-order valence-corrected chi connectivity index (χ1v) is 7.23. The summed E-state index contributed by atoms with van der Waals surface area (Å²) in [5, 5.41) is 3.36. The summed E-state index contributed by atoms with van der Waals surface area (Å²) in [6.07, 6.45) is 0. The highest BCUT2D eigenvalue weighted by molar-refractivity contribution is 5.50. The van der Waals surface area contributed by atoms with Crippen LogP contribution in [0.1, 0.15) is 0 Å². The van der Waals surface area contributed by atoms with Crippen molar-refractivity contribution in [1.82, 2.24) is 5.32 Å². The molecule has 2 aromatic rings. The second-order valence-electron chi connectivity index (χ2n) is 5.01. The van der Waals surface area contributed by atoms with Gasteiger partial charge in [-0.1, -0.05) is 0 Å². The number of anilines is 1. The van der Waals surface area contributed by atoms with E-state index in [1.807, 2.05) is 36.4 Å². The fourth-order valence-corrected chi connectivity index (χ4v) is 2.43. The lowest BCUT2D eigenvalue weighted by Crippen LogP contribution is -2.43. The van der Waals surface area contributed by atoms with E-state index < -0.39 is 0 Å². The zero-order chi connectivity index (χ0) is 14.5. The van der Waals surface area contributed by atoms with Crippen LogP contribution in [0.4, 0.5) is 5.69 Å². The molecule has 1 saturated heterocycles. The third-order valence-corrected chi connectivity index (χ3v) is 3.61. The highest BCUT2D eigenvalue weighted by atomic mass is 16.5. The Morgan fingerprint density at radius 2 is 1.33 bits per heavy atom. The van der Waals surface area contributed by atoms with Gasteiger partial charge in [-0.15, -0.1) is 0 Å². The highest BCUT2D eigenvalue weighted by Crippen LogP contribution is 2.26. The van der Waals surface area contributed by atoms with E-state index in [0.29, 0.717) is 0 Å². The van der Waals surface area contributed by atoms with E-state index in [2.05, 4.69) is 22.3 Å². The first kappa shape index (κ1) is 13.8. The molecule has 21 heavy (non-hydrogen) atoms. The Bertz CT molecular complexity index is 560. The van der Waals surface area contributed by atoms with Crippen LogP contribution in [0, 0.1) is 0 Å². The maximum absolute atomic E-state index is 5.83. The van der Waals surface area contributed by atoms with Crippen LogP contribution in [0.3, 0.4) is 0 Å². The number of ether oxygens (including phenoxy) is 2. The molecule has 1 aliphatic rings. The summed E-state index contributed by atoms with van der Waals surface area (Å²) in [5.74, 6) is 2.49. The van der Waals surface area contributed by atoms with Gasteiger partial charge in [-0.3, -0.25) is 0 Å². The van der Waals surface area contributed by atoms with Crippen LogP contribution in [0.5, 0.6) is 17.2 Å². The zero-order valence-corrected chi connectivity index (χ0v) is 12.2. The topological polar surface area (TPSA) is 33.7 Å². The van der Waals surface area contributed by atoms with Crippen LogP contribution in [0.2, 0.25) is 0 Å². The molecule has 1 N–H and O–H groups in total. The minimum atomic E-state index is 0.811. The van der Waals surface area contributed by atoms with Crippen LogP contribution in [0.15, 0.2) is 48.5 Å². The van der Waals surface area contributed by atoms with Crippen LogP contribution in [0.25, 0.3) is 0 Å². The van der Waals surface area contributed by atoms with Gasteiger partial charge in [0.1, 0.15) is 17.2 Å². The maximum Gasteiger partial charge on any atom is 0.127 e. The average molecular weight is 284 g/mol. The van der Waals surface area contributed by atoms with Gasteiger partial charge in [0.05, 0.1) is 7.11 Å². The van der Waals surface area contributed by atoms with Gasteiger partial charge >= 0.3 is 0 Å². The summed E-state index contributed by atoms with van der Waals surface area (Å²) < 4.78 is 11.0. The van der Waals surface area contributed by atoms with Crippen molar-refractivity contribution in [2.75, 3.05) is 38.2 Å². The molecular weight excluding hydrogens is 264 g/mol. The largest absolute Gasteiger partial charge is 0.497 e. The normalized spacial score (nSPS) is 14.8. The number of hydrogen-bond acceptors (Lipinski definition) is 4. The number of nitrogens with one attached hydrogen (secondary N) is 1. The first-order chi connectivity index (χ1) is 10.3. The van der Waals surface area contributed by atoms with Crippen molar-refractivity contribution < 1.29 is 9.47 Å². The Morgan fingerprint density at radius 3 is 1.90 bits per heavy atom. The number of piperazine rings is 1. The van der Waals surface area contributed by atoms with E-state index in [0.717, 1.165) is 43.4 Å². The van der Waals surface area contributed by atoms with Gasteiger partial charge in [-0.25, -0.2) is 0 Å². The number of rotatable bonds is 4. The predicted octanol–water partition coefficient (Wildman–Crippen LogP) is 2.90. The Hall–Kier alpha value is -2.20. The quantitative estimate of drug-likeness (QED) is 0.936. The molecule has 2 aromatic carbocycles. The van der Waals surface area contributed by atoms with Crippen molar-refractivity contribution in [3.05, 3.63) is 48.5 Å². The molecule has 4 nitrogen and oxygen atoms in total. The van der Waals surface area contributed by atoms with Crippen molar-refractivity contribution in [1.29, 1.82) is 0 Å². The fourth-order valence-electron chi connectivity index (χ4n) is 2.43. The molecule has 0 amide bonds. The summed E-state index contributed by atoms with van der Waals surface area (Å²) in [5.41, 5.74) is 1.25. The third kappa shape index (κ3) is 3.47. The summed E-state index contributed by atoms with van der Waals surface area (Å²) in [7, 11) is 1.66. The Morgan fingerprint density at radius 1 is 0.810 bits per heavy atom. The van der Waals surface area contributed by atoms with E-state index in [-0.39, 0.29) is 0 Å². The Kier molecular flexibility index (Phi) is 4.26. The molecule has 0 aromatic heterocycles. The van der Waals surface area contributed by atoms with Crippen molar-refractivity contribution >= 4 is 5.69 Å². The second kappa shape index (κ2) is 6.50. The van der Waals surface area contributed by atoms with Gasteiger partial charge in [-0.05, 0) is 48.5 Å². The van der Waals surface area contributed by atoms with Gasteiger partial charge in [0, 0.05) is 31.9 Å². The smallest absolute Gasteiger partial charge is 0.127 e. The molecule has 1 heterocycles. The second-order valence-corrected chi connectivity index (χ2v) is 5.01. The number of nitrogens with zero attached hydrogens (tertiary/aromatic N) is 1. The van der Waals surface area contributed by atoms with Crippen molar-refractivity contribution in [3.63, 3.8) is 0 Å². The van der Waals surface area contributed by atoms with Crippen molar-refractivity contribution in [3.8, 4) is 17.2 Å². The SMILES string of the molecule is COc1ccc(Oc2ccc(N3CCNCC3)cc2)cc1. The summed E-state index contributed by atoms with van der Waals surface area (Å²) in [4.78, 5) is 2.38. The standard InChI is InChI=1S/C17H20N2O2/c1-20-15-6-8-17(9-7-15)21-16-4-2-14(3-5-16)19-12-10-18-11-13-19/h2-9,18H,10-13H2,1H3. The maximum atomic E-state index is 5.83. The van der Waals surface area contributed by atoms with Crippen molar-refractivity contribution in [2.45, 2.75) is 0 Å². The van der Waals surface area contributed by atoms with E-state index in [1.54, 1.807) is 7.11 Å². The lowest BCUT2D eigenvalue weighted by atomic mass is 10.2. The van der Waals surface area contributed by atoms with Gasteiger partial charge in [-0.2, -0.15) is 0 Å². The summed E-state index contributed by atoms with van der Waals surface area (Å²) >= 11 is 0. The summed E-state index contributed by atoms with van der Waals surface area (Å²) in [6, 6.07) is 15.9. The fraction of sp³-hybridized carbons (Fsp3) is 0.294. The van der Waals surface area contributed by atoms with E-state index in [1.165, 1.54) is 5.69 Å². The van der Waals surface area contributed by atoms with E-state index >= 15 is 0 Å². The van der Waals surface area contributed by atoms with E-state index in [4.69, 9.17) is 9.47 Å². The molecule has 110 valence electrons. The van der Waals surface area contributed by atoms with Crippen LogP contribution in [-0.2, 0) is 0 Å². The number of hydrogen-bond donors (Lipinski definition) is 1. The van der Waals surface area contributed by atoms with Crippen LogP contribution < -0.4 is 19.7 Å². The molecule has 4 heteroatoms. The molecule has 1 aliphatic heterocycles. The third-order valence-electron chi connectivity index (χ3n) is 3.61. The molecule has 3 rings (SSSR count). The monoisotopic (exact) mass is 284 g/mol. The van der Waals surface area contributed by atoms with Crippen LogP contribution in [-0.4, -0.2) is 33.3 Å². The Labute approximate surface area is 125 Å². The predicted molar refractivity (Wildman–Crippen MR) is 84.6 cm³/mol. The van der Waals surface area contributed by atoms with Crippen LogP contribution >= 0.6 is 0 Å². The van der Waals surface area contributed by atoms with Gasteiger partial charge < -0.3 is 19.7 Å². The lowest BCUT2D eigenvalue weighted by molar-refractivity contribution is 0.413. The molecule has 0 bridgehead atoms. The summed E-state index contributed by atoms with van der Waals surface area (Å²) in [6.45, 7) is 4.20. The highest BCUT2D eigenvalue weighted by Gasteiger charge is 2.10. The molecule has 0 atom stereocenters. The van der Waals surface area contributed by atoms with Gasteiger partial charge in [0.2, 0.25) is 0 Å². The Balaban J connectivity index is 1.65. The lowest BCUT2D eigenvalue weighted by Gasteiger charge is -2.29. The number of benzene rings is 2. The molecule has 0 radical (unpaired) electrons. The molecular formula is C17H20N2O2. The molecule has 1 fully saturated rings. The van der Waals surface area contributed by atoms with E-state index in [9.17, 15) is 0 Å². The number of methoxy groups -OCH3 is 1. The first-order valence-electron chi connectivity index (χ1n) is 7.23. The average Bonchev–Trinajstić information content (AvgIpc) is 2.57. The van der Waals surface area contributed by atoms with Crippen molar-refractivity contribution in [2.24, 2.45) is 0 Å². The molecule has 0 aliphatic carbocycles. The molecule has 0 unspecified atom stereocenters. The van der Waals surface area contributed by atoms with Gasteiger partial charge in [0.25, 0.3) is 0 Å². The van der Waals surface area contributed by atoms with Gasteiger partial charge in [0.15, 0.2) is 0 Å². The molecule has 0 saturated carbocycles. The zero-order valence-electron chi connectivity index (χ0n) is 12.2. The molecule has 0 spiro atoms.